The molecule has 1 aromatic rings. The van der Waals surface area contributed by atoms with Gasteiger partial charge >= 0.3 is 11.9 Å². The second-order valence-electron chi connectivity index (χ2n) is 6.01. The molecular formula is C16H20ClNO7. The van der Waals surface area contributed by atoms with Crippen molar-refractivity contribution in [3.8, 4) is 0 Å². The highest BCUT2D eigenvalue weighted by molar-refractivity contribution is 6.32. The summed E-state index contributed by atoms with van der Waals surface area (Å²) >= 11 is 5.67. The van der Waals surface area contributed by atoms with Crippen LogP contribution < -0.4 is 0 Å². The number of nitro groups is 1. The summed E-state index contributed by atoms with van der Waals surface area (Å²) in [6.07, 6.45) is 0.0919. The number of nitro benzene ring substituents is 1. The molecule has 0 aliphatic carbocycles. The van der Waals surface area contributed by atoms with Crippen LogP contribution in [0.15, 0.2) is 18.2 Å². The molecule has 0 aliphatic rings. The molecule has 1 aromatic carbocycles. The van der Waals surface area contributed by atoms with Crippen LogP contribution in [-0.2, 0) is 19.0 Å². The molecule has 0 fully saturated rings. The Morgan fingerprint density at radius 1 is 1.20 bits per heavy atom. The second kappa shape index (κ2) is 9.33. The van der Waals surface area contributed by atoms with Crippen molar-refractivity contribution in [2.75, 3.05) is 19.8 Å². The van der Waals surface area contributed by atoms with Crippen LogP contribution in [0.3, 0.4) is 0 Å². The standard InChI is InChI=1S/C16H20ClNO7/c1-16(2,3)25-14(19)6-7-23-8-9-24-15(20)11-4-5-12(17)13(10-11)18(21)22/h4-5,10H,6-9H2,1-3H3. The van der Waals surface area contributed by atoms with Crippen molar-refractivity contribution in [3.63, 3.8) is 0 Å². The van der Waals surface area contributed by atoms with Crippen LogP contribution in [-0.4, -0.2) is 42.3 Å². The van der Waals surface area contributed by atoms with E-state index in [1.54, 1.807) is 20.8 Å². The van der Waals surface area contributed by atoms with Gasteiger partial charge in [0.15, 0.2) is 0 Å². The van der Waals surface area contributed by atoms with Crippen molar-refractivity contribution in [3.05, 3.63) is 38.9 Å². The Hall–Kier alpha value is -2.19. The lowest BCUT2D eigenvalue weighted by atomic mass is 10.2. The molecule has 0 radical (unpaired) electrons. The first-order valence-electron chi connectivity index (χ1n) is 7.51. The number of hydrogen-bond donors (Lipinski definition) is 0. The van der Waals surface area contributed by atoms with Gasteiger partial charge in [-0.1, -0.05) is 11.6 Å². The maximum atomic E-state index is 11.8. The number of benzene rings is 1. The minimum absolute atomic E-state index is 0.0184. The minimum atomic E-state index is -0.726. The van der Waals surface area contributed by atoms with E-state index in [2.05, 4.69) is 0 Å². The molecule has 1 rings (SSSR count). The molecule has 138 valence electrons. The highest BCUT2D eigenvalue weighted by atomic mass is 35.5. The molecule has 0 amide bonds. The van der Waals surface area contributed by atoms with Crippen LogP contribution in [0.5, 0.6) is 0 Å². The molecule has 0 bridgehead atoms. The third-order valence-electron chi connectivity index (χ3n) is 2.71. The second-order valence-corrected chi connectivity index (χ2v) is 6.42. The van der Waals surface area contributed by atoms with E-state index in [1.807, 2.05) is 0 Å². The number of carbonyl (C=O) groups excluding carboxylic acids is 2. The highest BCUT2D eigenvalue weighted by Gasteiger charge is 2.17. The summed E-state index contributed by atoms with van der Waals surface area (Å²) in [7, 11) is 0. The molecule has 0 N–H and O–H groups in total. The smallest absolute Gasteiger partial charge is 0.338 e. The van der Waals surface area contributed by atoms with Gasteiger partial charge in [-0.15, -0.1) is 0 Å². The lowest BCUT2D eigenvalue weighted by Crippen LogP contribution is -2.24. The molecule has 0 spiro atoms. The summed E-state index contributed by atoms with van der Waals surface area (Å²) in [4.78, 5) is 33.4. The molecule has 0 aromatic heterocycles. The fraction of sp³-hybridized carbons (Fsp3) is 0.500. The van der Waals surface area contributed by atoms with Crippen LogP contribution in [0.25, 0.3) is 0 Å². The van der Waals surface area contributed by atoms with E-state index in [1.165, 1.54) is 12.1 Å². The predicted molar refractivity (Wildman–Crippen MR) is 89.7 cm³/mol. The average molecular weight is 374 g/mol. The summed E-state index contributed by atoms with van der Waals surface area (Å²) < 4.78 is 15.2. The van der Waals surface area contributed by atoms with E-state index < -0.39 is 16.5 Å². The normalized spacial score (nSPS) is 11.0. The molecule has 25 heavy (non-hydrogen) atoms. The first-order chi connectivity index (χ1) is 11.6. The van der Waals surface area contributed by atoms with Gasteiger partial charge in [-0.2, -0.15) is 0 Å². The summed E-state index contributed by atoms with van der Waals surface area (Å²) in [5.74, 6) is -1.10. The van der Waals surface area contributed by atoms with Crippen molar-refractivity contribution in [1.82, 2.24) is 0 Å². The van der Waals surface area contributed by atoms with Crippen molar-refractivity contribution in [2.45, 2.75) is 32.8 Å². The Kier molecular flexibility index (Phi) is 7.79. The zero-order valence-electron chi connectivity index (χ0n) is 14.2. The van der Waals surface area contributed by atoms with Gasteiger partial charge in [0.25, 0.3) is 5.69 Å². The number of ether oxygens (including phenoxy) is 3. The zero-order valence-corrected chi connectivity index (χ0v) is 15.0. The molecule has 8 nitrogen and oxygen atoms in total. The lowest BCUT2D eigenvalue weighted by Gasteiger charge is -2.19. The Balaban J connectivity index is 2.31. The quantitative estimate of drug-likeness (QED) is 0.298. The van der Waals surface area contributed by atoms with E-state index in [-0.39, 0.29) is 48.5 Å². The van der Waals surface area contributed by atoms with Gasteiger partial charge in [0.2, 0.25) is 0 Å². The summed E-state index contributed by atoms with van der Waals surface area (Å²) in [6, 6.07) is 3.64. The number of nitrogens with zero attached hydrogens (tertiary/aromatic N) is 1. The molecule has 0 heterocycles. The van der Waals surface area contributed by atoms with Gasteiger partial charge in [0, 0.05) is 6.07 Å². The van der Waals surface area contributed by atoms with Gasteiger partial charge in [0.05, 0.1) is 30.1 Å². The maximum absolute atomic E-state index is 11.8. The van der Waals surface area contributed by atoms with Crippen LogP contribution in [0.1, 0.15) is 37.6 Å². The van der Waals surface area contributed by atoms with Crippen molar-refractivity contribution in [1.29, 1.82) is 0 Å². The van der Waals surface area contributed by atoms with E-state index in [0.29, 0.717) is 0 Å². The van der Waals surface area contributed by atoms with Gasteiger partial charge in [-0.3, -0.25) is 14.9 Å². The maximum Gasteiger partial charge on any atom is 0.338 e. The number of halogens is 1. The molecule has 0 saturated heterocycles. The minimum Gasteiger partial charge on any atom is -0.460 e. The molecular weight excluding hydrogens is 354 g/mol. The zero-order chi connectivity index (χ0) is 19.0. The van der Waals surface area contributed by atoms with Gasteiger partial charge in [-0.05, 0) is 32.9 Å². The van der Waals surface area contributed by atoms with Crippen molar-refractivity contribution in [2.24, 2.45) is 0 Å². The lowest BCUT2D eigenvalue weighted by molar-refractivity contribution is -0.384. The topological polar surface area (TPSA) is 105 Å². The van der Waals surface area contributed by atoms with E-state index >= 15 is 0 Å². The van der Waals surface area contributed by atoms with Crippen LogP contribution in [0.2, 0.25) is 5.02 Å². The fourth-order valence-corrected chi connectivity index (χ4v) is 1.89. The monoisotopic (exact) mass is 373 g/mol. The Labute approximate surface area is 150 Å². The highest BCUT2D eigenvalue weighted by Crippen LogP contribution is 2.25. The van der Waals surface area contributed by atoms with Crippen LogP contribution in [0, 0.1) is 10.1 Å². The SMILES string of the molecule is CC(C)(C)OC(=O)CCOCCOC(=O)c1ccc(Cl)c([N+](=O)[O-])c1. The molecule has 0 saturated carbocycles. The van der Waals surface area contributed by atoms with Crippen LogP contribution in [0.4, 0.5) is 5.69 Å². The Morgan fingerprint density at radius 3 is 2.48 bits per heavy atom. The third kappa shape index (κ3) is 7.95. The number of rotatable bonds is 8. The third-order valence-corrected chi connectivity index (χ3v) is 3.03. The summed E-state index contributed by atoms with van der Waals surface area (Å²) in [6.45, 7) is 5.48. The van der Waals surface area contributed by atoms with Crippen LogP contribution >= 0.6 is 11.6 Å². The Morgan fingerprint density at radius 2 is 1.88 bits per heavy atom. The average Bonchev–Trinajstić information content (AvgIpc) is 2.48. The molecule has 0 aliphatic heterocycles. The largest absolute Gasteiger partial charge is 0.460 e. The molecule has 9 heteroatoms. The molecule has 0 unspecified atom stereocenters. The van der Waals surface area contributed by atoms with Gasteiger partial charge in [-0.25, -0.2) is 4.79 Å². The fourth-order valence-electron chi connectivity index (χ4n) is 1.71. The number of hydrogen-bond acceptors (Lipinski definition) is 7. The number of esters is 2. The summed E-state index contributed by atoms with van der Waals surface area (Å²) in [5.41, 5.74) is -0.900. The first-order valence-corrected chi connectivity index (χ1v) is 7.88. The van der Waals surface area contributed by atoms with Gasteiger partial charge < -0.3 is 14.2 Å². The molecule has 0 atom stereocenters. The Bertz CT molecular complexity index is 640. The van der Waals surface area contributed by atoms with E-state index in [0.717, 1.165) is 6.07 Å². The van der Waals surface area contributed by atoms with E-state index in [9.17, 15) is 19.7 Å². The van der Waals surface area contributed by atoms with Gasteiger partial charge in [0.1, 0.15) is 17.2 Å². The first kappa shape index (κ1) is 20.9. The number of carbonyl (C=O) groups is 2. The van der Waals surface area contributed by atoms with Crippen molar-refractivity contribution >= 4 is 29.2 Å². The van der Waals surface area contributed by atoms with E-state index in [4.69, 9.17) is 25.8 Å². The predicted octanol–water partition coefficient (Wildman–Crippen LogP) is 3.15. The summed E-state index contributed by atoms with van der Waals surface area (Å²) in [5, 5.41) is 10.7. The van der Waals surface area contributed by atoms with Crippen molar-refractivity contribution < 1.29 is 28.7 Å².